The Balaban J connectivity index is 1.33. The lowest BCUT2D eigenvalue weighted by Crippen LogP contribution is -2.51. The van der Waals surface area contributed by atoms with Gasteiger partial charge in [0.25, 0.3) is 5.91 Å². The highest BCUT2D eigenvalue weighted by molar-refractivity contribution is 6.42. The lowest BCUT2D eigenvalue weighted by atomic mass is 9.82. The highest BCUT2D eigenvalue weighted by Gasteiger charge is 2.52. The molecule has 1 aliphatic carbocycles. The van der Waals surface area contributed by atoms with Crippen LogP contribution in [0, 0.1) is 0 Å². The number of likely N-dealkylation sites (tertiary alicyclic amines) is 1. The third-order valence-corrected chi connectivity index (χ3v) is 7.16. The van der Waals surface area contributed by atoms with E-state index in [1.165, 1.54) is 0 Å². The molecule has 1 atom stereocenters. The first kappa shape index (κ1) is 21.4. The zero-order valence-corrected chi connectivity index (χ0v) is 18.3. The molecular weight excluding hydrogens is 427 g/mol. The highest BCUT2D eigenvalue weighted by Crippen LogP contribution is 2.35. The molecule has 1 aromatic rings. The molecule has 1 unspecified atom stereocenters. The second-order valence-electron chi connectivity index (χ2n) is 8.37. The number of rotatable bonds is 5. The van der Waals surface area contributed by atoms with E-state index in [-0.39, 0.29) is 24.3 Å². The average molecular weight is 453 g/mol. The zero-order valence-electron chi connectivity index (χ0n) is 16.8. The van der Waals surface area contributed by atoms with Crippen molar-refractivity contribution in [2.24, 2.45) is 0 Å². The fourth-order valence-corrected chi connectivity index (χ4v) is 5.14. The van der Waals surface area contributed by atoms with E-state index in [9.17, 15) is 14.4 Å². The SMILES string of the molecule is O=C(CCN1CCCC1c1ccc(Cl)c(Cl)c1)NN1C(=O)NC2(CCCCC2)C1=O. The summed E-state index contributed by atoms with van der Waals surface area (Å²) in [7, 11) is 0. The van der Waals surface area contributed by atoms with Crippen molar-refractivity contribution in [1.82, 2.24) is 20.7 Å². The van der Waals surface area contributed by atoms with Gasteiger partial charge < -0.3 is 5.32 Å². The predicted molar refractivity (Wildman–Crippen MR) is 114 cm³/mol. The average Bonchev–Trinajstić information content (AvgIpc) is 3.28. The van der Waals surface area contributed by atoms with E-state index in [1.807, 2.05) is 12.1 Å². The van der Waals surface area contributed by atoms with Gasteiger partial charge in [0, 0.05) is 19.0 Å². The number of imide groups is 1. The van der Waals surface area contributed by atoms with Crippen LogP contribution in [0.3, 0.4) is 0 Å². The molecule has 4 rings (SSSR count). The van der Waals surface area contributed by atoms with Crippen LogP contribution in [0.5, 0.6) is 0 Å². The summed E-state index contributed by atoms with van der Waals surface area (Å²) in [4.78, 5) is 39.8. The number of nitrogens with zero attached hydrogens (tertiary/aromatic N) is 2. The number of hydrogen-bond acceptors (Lipinski definition) is 4. The van der Waals surface area contributed by atoms with Gasteiger partial charge in [-0.1, -0.05) is 48.5 Å². The van der Waals surface area contributed by atoms with Crippen molar-refractivity contribution in [3.05, 3.63) is 33.8 Å². The Hall–Kier alpha value is -1.83. The van der Waals surface area contributed by atoms with E-state index in [0.717, 1.165) is 49.2 Å². The predicted octanol–water partition coefficient (Wildman–Crippen LogP) is 3.81. The van der Waals surface area contributed by atoms with E-state index in [1.54, 1.807) is 6.07 Å². The monoisotopic (exact) mass is 452 g/mol. The normalized spacial score (nSPS) is 23.8. The molecule has 2 aliphatic heterocycles. The molecule has 2 saturated heterocycles. The summed E-state index contributed by atoms with van der Waals surface area (Å²) in [5.41, 5.74) is 2.76. The Bertz CT molecular complexity index is 857. The number of carbonyl (C=O) groups is 3. The first-order chi connectivity index (χ1) is 14.4. The molecule has 1 aromatic carbocycles. The molecule has 0 radical (unpaired) electrons. The van der Waals surface area contributed by atoms with Crippen LogP contribution in [0.1, 0.15) is 63.0 Å². The fourth-order valence-electron chi connectivity index (χ4n) is 4.83. The molecule has 3 fully saturated rings. The summed E-state index contributed by atoms with van der Waals surface area (Å²) in [5, 5.41) is 4.71. The maximum Gasteiger partial charge on any atom is 0.344 e. The Morgan fingerprint density at radius 1 is 1.13 bits per heavy atom. The second-order valence-corrected chi connectivity index (χ2v) is 9.18. The Labute approximate surface area is 186 Å². The van der Waals surface area contributed by atoms with Gasteiger partial charge in [-0.05, 0) is 49.9 Å². The number of benzene rings is 1. The van der Waals surface area contributed by atoms with Gasteiger partial charge in [0.05, 0.1) is 10.0 Å². The third-order valence-electron chi connectivity index (χ3n) is 6.42. The van der Waals surface area contributed by atoms with Crippen LogP contribution < -0.4 is 10.7 Å². The zero-order chi connectivity index (χ0) is 21.3. The Kier molecular flexibility index (Phi) is 6.23. The van der Waals surface area contributed by atoms with Gasteiger partial charge >= 0.3 is 6.03 Å². The molecule has 9 heteroatoms. The van der Waals surface area contributed by atoms with Crippen molar-refractivity contribution < 1.29 is 14.4 Å². The van der Waals surface area contributed by atoms with Crippen molar-refractivity contribution in [3.63, 3.8) is 0 Å². The summed E-state index contributed by atoms with van der Waals surface area (Å²) in [5.74, 6) is -0.679. The van der Waals surface area contributed by atoms with Crippen LogP contribution >= 0.6 is 23.2 Å². The quantitative estimate of drug-likeness (QED) is 0.665. The van der Waals surface area contributed by atoms with Crippen molar-refractivity contribution in [3.8, 4) is 0 Å². The van der Waals surface area contributed by atoms with Gasteiger partial charge in [-0.25, -0.2) is 4.79 Å². The molecule has 0 bridgehead atoms. The van der Waals surface area contributed by atoms with Gasteiger partial charge in [-0.15, -0.1) is 0 Å². The summed E-state index contributed by atoms with van der Waals surface area (Å²) in [6, 6.07) is 5.28. The number of hydrazine groups is 1. The lowest BCUT2D eigenvalue weighted by molar-refractivity contribution is -0.140. The number of nitrogens with one attached hydrogen (secondary N) is 2. The molecule has 30 heavy (non-hydrogen) atoms. The molecule has 1 saturated carbocycles. The minimum atomic E-state index is -0.837. The molecule has 162 valence electrons. The van der Waals surface area contributed by atoms with Crippen LogP contribution in [0.25, 0.3) is 0 Å². The fraction of sp³-hybridized carbons (Fsp3) is 0.571. The number of halogens is 2. The second kappa shape index (κ2) is 8.73. The van der Waals surface area contributed by atoms with Crippen molar-refractivity contribution >= 4 is 41.0 Å². The number of amides is 4. The van der Waals surface area contributed by atoms with Crippen LogP contribution in [0.2, 0.25) is 10.0 Å². The smallest absolute Gasteiger partial charge is 0.322 e. The summed E-state index contributed by atoms with van der Waals surface area (Å²) < 4.78 is 0. The van der Waals surface area contributed by atoms with E-state index >= 15 is 0 Å². The van der Waals surface area contributed by atoms with E-state index in [0.29, 0.717) is 29.4 Å². The van der Waals surface area contributed by atoms with Crippen LogP contribution in [0.4, 0.5) is 4.79 Å². The largest absolute Gasteiger partial charge is 0.344 e. The number of urea groups is 1. The minimum absolute atomic E-state index is 0.176. The topological polar surface area (TPSA) is 81.8 Å². The lowest BCUT2D eigenvalue weighted by Gasteiger charge is -2.30. The number of hydrogen-bond donors (Lipinski definition) is 2. The van der Waals surface area contributed by atoms with Gasteiger partial charge in [-0.3, -0.25) is 19.9 Å². The molecule has 2 N–H and O–H groups in total. The molecule has 2 heterocycles. The minimum Gasteiger partial charge on any atom is -0.322 e. The standard InChI is InChI=1S/C21H26Cl2N4O3/c22-15-7-6-14(13-16(15)23)17-5-4-11-26(17)12-8-18(28)25-27-19(29)21(24-20(27)30)9-2-1-3-10-21/h6-7,13,17H,1-5,8-12H2,(H,24,30)(H,25,28). The van der Waals surface area contributed by atoms with Crippen molar-refractivity contribution in [2.45, 2.75) is 62.9 Å². The highest BCUT2D eigenvalue weighted by atomic mass is 35.5. The maximum atomic E-state index is 12.8. The van der Waals surface area contributed by atoms with E-state index in [4.69, 9.17) is 23.2 Å². The molecule has 1 spiro atoms. The van der Waals surface area contributed by atoms with Gasteiger partial charge in [-0.2, -0.15) is 5.01 Å². The number of carbonyl (C=O) groups excluding carboxylic acids is 3. The summed E-state index contributed by atoms with van der Waals surface area (Å²) in [6.45, 7) is 1.41. The molecule has 3 aliphatic rings. The van der Waals surface area contributed by atoms with Crippen LogP contribution in [-0.2, 0) is 9.59 Å². The molecular formula is C21H26Cl2N4O3. The van der Waals surface area contributed by atoms with Crippen molar-refractivity contribution in [2.75, 3.05) is 13.1 Å². The molecule has 7 nitrogen and oxygen atoms in total. The van der Waals surface area contributed by atoms with Gasteiger partial charge in [0.2, 0.25) is 5.91 Å². The van der Waals surface area contributed by atoms with E-state index < -0.39 is 11.6 Å². The Morgan fingerprint density at radius 2 is 1.90 bits per heavy atom. The van der Waals surface area contributed by atoms with Gasteiger partial charge in [0.1, 0.15) is 5.54 Å². The van der Waals surface area contributed by atoms with Gasteiger partial charge in [0.15, 0.2) is 0 Å². The summed E-state index contributed by atoms with van der Waals surface area (Å²) in [6.07, 6.45) is 6.33. The van der Waals surface area contributed by atoms with Crippen molar-refractivity contribution in [1.29, 1.82) is 0 Å². The van der Waals surface area contributed by atoms with Crippen LogP contribution in [0.15, 0.2) is 18.2 Å². The molecule has 0 aromatic heterocycles. The third kappa shape index (κ3) is 4.15. The summed E-state index contributed by atoms with van der Waals surface area (Å²) >= 11 is 12.2. The maximum absolute atomic E-state index is 12.8. The Morgan fingerprint density at radius 3 is 2.63 bits per heavy atom. The van der Waals surface area contributed by atoms with E-state index in [2.05, 4.69) is 15.6 Å². The van der Waals surface area contributed by atoms with Crippen LogP contribution in [-0.4, -0.2) is 46.4 Å². The first-order valence-electron chi connectivity index (χ1n) is 10.5. The first-order valence-corrected chi connectivity index (χ1v) is 11.3. The molecule has 4 amide bonds.